The number of ether oxygens (including phenoxy) is 2. The van der Waals surface area contributed by atoms with Gasteiger partial charge in [-0.05, 0) is 25.7 Å². The van der Waals surface area contributed by atoms with Crippen LogP contribution in [0.2, 0.25) is 0 Å². The molecule has 26 heavy (non-hydrogen) atoms. The van der Waals surface area contributed by atoms with Gasteiger partial charge in [-0.3, -0.25) is 10.00 Å². The number of carbonyl (C=O) groups excluding carboxylic acids is 1. The van der Waals surface area contributed by atoms with Gasteiger partial charge in [0.2, 0.25) is 0 Å². The van der Waals surface area contributed by atoms with Gasteiger partial charge in [-0.1, -0.05) is 0 Å². The fraction of sp³-hybridized carbons (Fsp3) is 0.750. The van der Waals surface area contributed by atoms with E-state index in [2.05, 4.69) is 10.4 Å². The SMILES string of the molecule is Cn1nc(C2CCCO2)cc1NC(=O)NC(CC1CCCO1)C(F)(F)F. The van der Waals surface area contributed by atoms with Gasteiger partial charge in [-0.15, -0.1) is 0 Å². The van der Waals surface area contributed by atoms with Gasteiger partial charge in [0.25, 0.3) is 0 Å². The van der Waals surface area contributed by atoms with E-state index in [0.29, 0.717) is 31.1 Å². The van der Waals surface area contributed by atoms with Gasteiger partial charge in [0, 0.05) is 32.7 Å². The average Bonchev–Trinajstić information content (AvgIpc) is 3.28. The zero-order valence-corrected chi connectivity index (χ0v) is 14.5. The molecule has 0 aromatic carbocycles. The third-order valence-electron chi connectivity index (χ3n) is 4.62. The Labute approximate surface area is 149 Å². The van der Waals surface area contributed by atoms with Crippen molar-refractivity contribution < 1.29 is 27.4 Å². The molecule has 10 heteroatoms. The summed E-state index contributed by atoms with van der Waals surface area (Å²) in [4.78, 5) is 12.1. The predicted molar refractivity (Wildman–Crippen MR) is 86.7 cm³/mol. The Hall–Kier alpha value is -1.81. The summed E-state index contributed by atoms with van der Waals surface area (Å²) in [6.07, 6.45) is -2.37. The number of nitrogens with zero attached hydrogens (tertiary/aromatic N) is 2. The molecule has 3 atom stereocenters. The highest BCUT2D eigenvalue weighted by Crippen LogP contribution is 2.29. The predicted octanol–water partition coefficient (Wildman–Crippen LogP) is 2.89. The largest absolute Gasteiger partial charge is 0.408 e. The summed E-state index contributed by atoms with van der Waals surface area (Å²) in [6, 6.07) is -1.26. The van der Waals surface area contributed by atoms with Crippen molar-refractivity contribution in [2.75, 3.05) is 18.5 Å². The third kappa shape index (κ3) is 4.67. The minimum absolute atomic E-state index is 0.137. The Bertz CT molecular complexity index is 623. The molecular formula is C16H23F3N4O3. The van der Waals surface area contributed by atoms with E-state index in [1.54, 1.807) is 13.1 Å². The number of amides is 2. The van der Waals surface area contributed by atoms with E-state index >= 15 is 0 Å². The van der Waals surface area contributed by atoms with E-state index in [1.165, 1.54) is 4.68 Å². The zero-order chi connectivity index (χ0) is 18.7. The van der Waals surface area contributed by atoms with Crippen LogP contribution in [0.25, 0.3) is 0 Å². The van der Waals surface area contributed by atoms with Crippen LogP contribution < -0.4 is 10.6 Å². The second-order valence-electron chi connectivity index (χ2n) is 6.64. The maximum atomic E-state index is 13.2. The number of nitrogens with one attached hydrogen (secondary N) is 2. The molecule has 0 aliphatic carbocycles. The lowest BCUT2D eigenvalue weighted by atomic mass is 10.1. The summed E-state index contributed by atoms with van der Waals surface area (Å²) in [5.74, 6) is 0.311. The highest BCUT2D eigenvalue weighted by molar-refractivity contribution is 5.88. The molecule has 0 bridgehead atoms. The first-order valence-corrected chi connectivity index (χ1v) is 8.74. The maximum Gasteiger partial charge on any atom is 0.408 e. The van der Waals surface area contributed by atoms with E-state index in [0.717, 1.165) is 19.3 Å². The van der Waals surface area contributed by atoms with Gasteiger partial charge in [0.05, 0.1) is 11.8 Å². The van der Waals surface area contributed by atoms with Crippen molar-refractivity contribution in [1.29, 1.82) is 0 Å². The first-order valence-electron chi connectivity index (χ1n) is 8.74. The van der Waals surface area contributed by atoms with E-state index < -0.39 is 24.4 Å². The van der Waals surface area contributed by atoms with Gasteiger partial charge in [0.1, 0.15) is 18.0 Å². The van der Waals surface area contributed by atoms with Crippen LogP contribution in [0.3, 0.4) is 0 Å². The van der Waals surface area contributed by atoms with Crippen LogP contribution in [0.15, 0.2) is 6.07 Å². The monoisotopic (exact) mass is 376 g/mol. The molecule has 3 heterocycles. The van der Waals surface area contributed by atoms with Crippen molar-refractivity contribution in [3.05, 3.63) is 11.8 Å². The maximum absolute atomic E-state index is 13.2. The van der Waals surface area contributed by atoms with Crippen LogP contribution in [-0.4, -0.2) is 47.3 Å². The first-order chi connectivity index (χ1) is 12.3. The third-order valence-corrected chi connectivity index (χ3v) is 4.62. The normalized spacial score (nSPS) is 24.6. The summed E-state index contributed by atoms with van der Waals surface area (Å²) < 4.78 is 51.9. The number of anilines is 1. The smallest absolute Gasteiger partial charge is 0.378 e. The molecule has 2 aliphatic heterocycles. The highest BCUT2D eigenvalue weighted by Gasteiger charge is 2.42. The fourth-order valence-corrected chi connectivity index (χ4v) is 3.25. The van der Waals surface area contributed by atoms with Gasteiger partial charge < -0.3 is 14.8 Å². The molecule has 2 amide bonds. The Kier molecular flexibility index (Phi) is 5.71. The Morgan fingerprint density at radius 2 is 2.08 bits per heavy atom. The van der Waals surface area contributed by atoms with Gasteiger partial charge in [-0.2, -0.15) is 18.3 Å². The lowest BCUT2D eigenvalue weighted by molar-refractivity contribution is -0.159. The zero-order valence-electron chi connectivity index (χ0n) is 14.5. The Morgan fingerprint density at radius 3 is 2.69 bits per heavy atom. The van der Waals surface area contributed by atoms with Crippen molar-refractivity contribution in [1.82, 2.24) is 15.1 Å². The molecule has 1 aromatic rings. The number of alkyl halides is 3. The molecule has 7 nitrogen and oxygen atoms in total. The number of hydrogen-bond donors (Lipinski definition) is 2. The molecule has 3 unspecified atom stereocenters. The quantitative estimate of drug-likeness (QED) is 0.828. The highest BCUT2D eigenvalue weighted by atomic mass is 19.4. The molecule has 3 rings (SSSR count). The topological polar surface area (TPSA) is 77.4 Å². The van der Waals surface area contributed by atoms with E-state index in [-0.39, 0.29) is 12.5 Å². The number of rotatable bonds is 5. The number of halogens is 3. The number of aromatic nitrogens is 2. The van der Waals surface area contributed by atoms with E-state index in [4.69, 9.17) is 9.47 Å². The van der Waals surface area contributed by atoms with Crippen LogP contribution in [0.1, 0.15) is 43.9 Å². The average molecular weight is 376 g/mol. The summed E-state index contributed by atoms with van der Waals surface area (Å²) >= 11 is 0. The summed E-state index contributed by atoms with van der Waals surface area (Å²) in [7, 11) is 1.61. The number of urea groups is 1. The molecule has 0 saturated carbocycles. The molecule has 1 aromatic heterocycles. The van der Waals surface area contributed by atoms with Crippen molar-refractivity contribution >= 4 is 11.8 Å². The van der Waals surface area contributed by atoms with Gasteiger partial charge >= 0.3 is 12.2 Å². The summed E-state index contributed by atoms with van der Waals surface area (Å²) in [5, 5.41) is 8.71. The second kappa shape index (κ2) is 7.83. The van der Waals surface area contributed by atoms with Crippen LogP contribution in [0, 0.1) is 0 Å². The van der Waals surface area contributed by atoms with E-state index in [1.807, 2.05) is 5.32 Å². The van der Waals surface area contributed by atoms with Crippen LogP contribution >= 0.6 is 0 Å². The van der Waals surface area contributed by atoms with Crippen molar-refractivity contribution in [2.24, 2.45) is 7.05 Å². The fourth-order valence-electron chi connectivity index (χ4n) is 3.25. The molecule has 2 saturated heterocycles. The van der Waals surface area contributed by atoms with Crippen LogP contribution in [0.4, 0.5) is 23.8 Å². The van der Waals surface area contributed by atoms with Crippen LogP contribution in [0.5, 0.6) is 0 Å². The number of hydrogen-bond acceptors (Lipinski definition) is 4. The number of aryl methyl sites for hydroxylation is 1. The molecule has 0 spiro atoms. The Balaban J connectivity index is 1.60. The minimum Gasteiger partial charge on any atom is -0.378 e. The first kappa shape index (κ1) is 19.0. The molecular weight excluding hydrogens is 353 g/mol. The second-order valence-corrected chi connectivity index (χ2v) is 6.64. The molecule has 0 radical (unpaired) electrons. The molecule has 2 aliphatic rings. The van der Waals surface area contributed by atoms with Crippen LogP contribution in [-0.2, 0) is 16.5 Å². The standard InChI is InChI=1S/C16H23F3N4O3/c1-23-14(9-11(22-23)12-5-3-7-26-12)21-15(24)20-13(16(17,18)19)8-10-4-2-6-25-10/h9-10,12-13H,2-8H2,1H3,(H2,20,21,24). The van der Waals surface area contributed by atoms with Gasteiger partial charge in [0.15, 0.2) is 0 Å². The minimum atomic E-state index is -4.54. The van der Waals surface area contributed by atoms with Crippen molar-refractivity contribution in [3.8, 4) is 0 Å². The lowest BCUT2D eigenvalue weighted by Gasteiger charge is -2.24. The summed E-state index contributed by atoms with van der Waals surface area (Å²) in [5.41, 5.74) is 0.659. The lowest BCUT2D eigenvalue weighted by Crippen LogP contribution is -2.48. The molecule has 2 N–H and O–H groups in total. The molecule has 146 valence electrons. The number of carbonyl (C=O) groups is 1. The van der Waals surface area contributed by atoms with Gasteiger partial charge in [-0.25, -0.2) is 4.79 Å². The van der Waals surface area contributed by atoms with E-state index in [9.17, 15) is 18.0 Å². The van der Waals surface area contributed by atoms with Crippen molar-refractivity contribution in [2.45, 2.75) is 56.5 Å². The molecule has 2 fully saturated rings. The Morgan fingerprint density at radius 1 is 1.35 bits per heavy atom. The summed E-state index contributed by atoms with van der Waals surface area (Å²) in [6.45, 7) is 1.11. The van der Waals surface area contributed by atoms with Crippen molar-refractivity contribution in [3.63, 3.8) is 0 Å².